The third-order valence-corrected chi connectivity index (χ3v) is 9.38. The number of nitrogens with two attached hydrogens (primary N) is 1. The van der Waals surface area contributed by atoms with Gasteiger partial charge in [0.15, 0.2) is 0 Å². The van der Waals surface area contributed by atoms with Gasteiger partial charge in [0.25, 0.3) is 0 Å². The van der Waals surface area contributed by atoms with E-state index in [1.165, 1.54) is 57.1 Å². The maximum Gasteiger partial charge on any atom is 0.129 e. The zero-order valence-corrected chi connectivity index (χ0v) is 16.6. The van der Waals surface area contributed by atoms with Crippen molar-refractivity contribution in [2.24, 2.45) is 51.3 Å². The minimum Gasteiger partial charge on any atom is -0.395 e. The van der Waals surface area contributed by atoms with Crippen molar-refractivity contribution in [2.45, 2.75) is 78.6 Å². The molecule has 0 spiro atoms. The number of nitrogens with zero attached hydrogens (tertiary/aromatic N) is 1. The molecule has 2 N–H and O–H groups in total. The lowest BCUT2D eigenvalue weighted by atomic mass is 9.45. The Morgan fingerprint density at radius 3 is 2.64 bits per heavy atom. The predicted octanol–water partition coefficient (Wildman–Crippen LogP) is 5.00. The van der Waals surface area contributed by atoms with Gasteiger partial charge >= 0.3 is 0 Å². The second-order valence-corrected chi connectivity index (χ2v) is 10.2. The van der Waals surface area contributed by atoms with E-state index in [9.17, 15) is 0 Å². The molecule has 0 aromatic heterocycles. The van der Waals surface area contributed by atoms with Crippen molar-refractivity contribution in [2.75, 3.05) is 13.2 Å². The van der Waals surface area contributed by atoms with Crippen LogP contribution in [0.3, 0.4) is 0 Å². The molecule has 0 bridgehead atoms. The van der Waals surface area contributed by atoms with Gasteiger partial charge in [-0.3, -0.25) is 0 Å². The van der Waals surface area contributed by atoms with Crippen molar-refractivity contribution in [3.63, 3.8) is 0 Å². The van der Waals surface area contributed by atoms with Crippen LogP contribution in [0.25, 0.3) is 0 Å². The van der Waals surface area contributed by atoms with Crippen LogP contribution in [-0.4, -0.2) is 18.9 Å². The first-order chi connectivity index (χ1) is 12.0. The molecule has 3 heteroatoms. The van der Waals surface area contributed by atoms with Crippen LogP contribution in [-0.2, 0) is 4.84 Å². The monoisotopic (exact) mass is 346 g/mol. The molecule has 0 aliphatic heterocycles. The number of hydrogen-bond acceptors (Lipinski definition) is 3. The quantitative estimate of drug-likeness (QED) is 0.577. The van der Waals surface area contributed by atoms with Crippen molar-refractivity contribution >= 4 is 5.71 Å². The second kappa shape index (κ2) is 6.55. The summed E-state index contributed by atoms with van der Waals surface area (Å²) in [5.74, 6) is 4.72. The average Bonchev–Trinajstić information content (AvgIpc) is 2.90. The van der Waals surface area contributed by atoms with Gasteiger partial charge in [-0.25, -0.2) is 0 Å². The maximum atomic E-state index is 5.51. The van der Waals surface area contributed by atoms with E-state index in [1.807, 2.05) is 0 Å². The Hall–Kier alpha value is -0.570. The standard InChI is InChI=1S/C22H38N2O/c1-15-4-7-19-18-6-5-16-14-17(24-25-13-12-23)8-10-22(16,3)20(18)9-11-21(15,19)2/h15-16,18-20H,4-14,23H2,1-3H3/t15-,16?,18?,19?,20?,21+,22-/m0/s1. The Labute approximate surface area is 154 Å². The fraction of sp³-hybridized carbons (Fsp3) is 0.955. The first kappa shape index (κ1) is 17.8. The van der Waals surface area contributed by atoms with Crippen LogP contribution in [0.5, 0.6) is 0 Å². The van der Waals surface area contributed by atoms with E-state index in [-0.39, 0.29) is 0 Å². The Morgan fingerprint density at radius 1 is 1.04 bits per heavy atom. The Kier molecular flexibility index (Phi) is 4.67. The molecular weight excluding hydrogens is 308 g/mol. The molecule has 4 aliphatic carbocycles. The molecule has 7 atom stereocenters. The summed E-state index contributed by atoms with van der Waals surface area (Å²) >= 11 is 0. The van der Waals surface area contributed by atoms with Crippen LogP contribution in [0.1, 0.15) is 78.6 Å². The normalized spacial score (nSPS) is 50.9. The molecule has 0 radical (unpaired) electrons. The van der Waals surface area contributed by atoms with Crippen molar-refractivity contribution in [1.29, 1.82) is 0 Å². The van der Waals surface area contributed by atoms with E-state index >= 15 is 0 Å². The molecule has 25 heavy (non-hydrogen) atoms. The van der Waals surface area contributed by atoms with E-state index in [4.69, 9.17) is 10.6 Å². The smallest absolute Gasteiger partial charge is 0.129 e. The van der Waals surface area contributed by atoms with Crippen molar-refractivity contribution < 1.29 is 4.84 Å². The summed E-state index contributed by atoms with van der Waals surface area (Å²) in [6.07, 6.45) is 12.4. The lowest BCUT2D eigenvalue weighted by Crippen LogP contribution is -2.53. The topological polar surface area (TPSA) is 47.6 Å². The Bertz CT molecular complexity index is 532. The molecule has 142 valence electrons. The molecule has 0 aromatic carbocycles. The third kappa shape index (κ3) is 2.76. The summed E-state index contributed by atoms with van der Waals surface area (Å²) in [5, 5.41) is 4.41. The molecule has 4 aliphatic rings. The minimum atomic E-state index is 0.545. The SMILES string of the molecule is C[C@H]1CCC2C3CCC4CC(=NOCCN)CC[C@]4(C)C3CC[C@@]21C. The zero-order valence-electron chi connectivity index (χ0n) is 16.6. The van der Waals surface area contributed by atoms with Crippen LogP contribution < -0.4 is 5.73 Å². The van der Waals surface area contributed by atoms with E-state index in [2.05, 4.69) is 25.9 Å². The van der Waals surface area contributed by atoms with Crippen LogP contribution >= 0.6 is 0 Å². The molecule has 4 fully saturated rings. The molecule has 4 rings (SSSR count). The van der Waals surface area contributed by atoms with E-state index in [1.54, 1.807) is 0 Å². The van der Waals surface area contributed by atoms with Crippen LogP contribution in [0, 0.1) is 40.4 Å². The van der Waals surface area contributed by atoms with Crippen molar-refractivity contribution in [3.8, 4) is 0 Å². The van der Waals surface area contributed by atoms with Crippen LogP contribution in [0.4, 0.5) is 0 Å². The summed E-state index contributed by atoms with van der Waals surface area (Å²) in [6.45, 7) is 8.89. The highest BCUT2D eigenvalue weighted by Gasteiger charge is 2.59. The lowest BCUT2D eigenvalue weighted by Gasteiger charge is -2.60. The first-order valence-corrected chi connectivity index (χ1v) is 10.9. The highest BCUT2D eigenvalue weighted by Crippen LogP contribution is 2.67. The van der Waals surface area contributed by atoms with E-state index < -0.39 is 0 Å². The summed E-state index contributed by atoms with van der Waals surface area (Å²) in [4.78, 5) is 5.39. The minimum absolute atomic E-state index is 0.545. The van der Waals surface area contributed by atoms with E-state index in [0.29, 0.717) is 24.0 Å². The zero-order chi connectivity index (χ0) is 17.7. The molecule has 0 saturated heterocycles. The molecule has 4 unspecified atom stereocenters. The number of oxime groups is 1. The largest absolute Gasteiger partial charge is 0.395 e. The van der Waals surface area contributed by atoms with Crippen LogP contribution in [0.15, 0.2) is 5.16 Å². The summed E-state index contributed by atoms with van der Waals surface area (Å²) < 4.78 is 0. The summed E-state index contributed by atoms with van der Waals surface area (Å²) in [6, 6.07) is 0. The van der Waals surface area contributed by atoms with Gasteiger partial charge in [0.2, 0.25) is 0 Å². The van der Waals surface area contributed by atoms with Gasteiger partial charge in [-0.15, -0.1) is 0 Å². The van der Waals surface area contributed by atoms with Gasteiger partial charge in [0.1, 0.15) is 6.61 Å². The first-order valence-electron chi connectivity index (χ1n) is 10.9. The molecule has 4 saturated carbocycles. The fourth-order valence-corrected chi connectivity index (χ4v) is 7.60. The summed E-state index contributed by atoms with van der Waals surface area (Å²) in [7, 11) is 0. The highest BCUT2D eigenvalue weighted by atomic mass is 16.6. The number of rotatable bonds is 3. The fourth-order valence-electron chi connectivity index (χ4n) is 7.60. The highest BCUT2D eigenvalue weighted by molar-refractivity contribution is 5.85. The van der Waals surface area contributed by atoms with Gasteiger partial charge in [-0.05, 0) is 98.2 Å². The van der Waals surface area contributed by atoms with Gasteiger partial charge in [-0.1, -0.05) is 25.9 Å². The van der Waals surface area contributed by atoms with Gasteiger partial charge in [-0.2, -0.15) is 0 Å². The van der Waals surface area contributed by atoms with E-state index in [0.717, 1.165) is 36.0 Å². The predicted molar refractivity (Wildman–Crippen MR) is 103 cm³/mol. The molecule has 3 nitrogen and oxygen atoms in total. The average molecular weight is 347 g/mol. The van der Waals surface area contributed by atoms with Gasteiger partial charge in [0.05, 0.1) is 5.71 Å². The molecule has 0 amide bonds. The molecule has 0 heterocycles. The van der Waals surface area contributed by atoms with Crippen molar-refractivity contribution in [3.05, 3.63) is 0 Å². The lowest BCUT2D eigenvalue weighted by molar-refractivity contribution is -0.0994. The molecule has 0 aromatic rings. The summed E-state index contributed by atoms with van der Waals surface area (Å²) in [5.41, 5.74) is 7.99. The third-order valence-electron chi connectivity index (χ3n) is 9.38. The molecular formula is C22H38N2O. The van der Waals surface area contributed by atoms with Crippen LogP contribution in [0.2, 0.25) is 0 Å². The second-order valence-electron chi connectivity index (χ2n) is 10.2. The van der Waals surface area contributed by atoms with Gasteiger partial charge < -0.3 is 10.6 Å². The maximum absolute atomic E-state index is 5.51. The van der Waals surface area contributed by atoms with Gasteiger partial charge in [0, 0.05) is 6.54 Å². The Morgan fingerprint density at radius 2 is 1.84 bits per heavy atom. The Balaban J connectivity index is 1.50. The van der Waals surface area contributed by atoms with Crippen molar-refractivity contribution in [1.82, 2.24) is 0 Å². The number of hydrogen-bond donors (Lipinski definition) is 1. The number of fused-ring (bicyclic) bond motifs is 5.